The maximum Gasteiger partial charge on any atom is 0.169 e. The lowest BCUT2D eigenvalue weighted by Gasteiger charge is -2.47. The van der Waals surface area contributed by atoms with E-state index in [4.69, 9.17) is 0 Å². The number of carbonyl (C=O) groups is 1. The topological polar surface area (TPSA) is 20.3 Å². The molecule has 2 atom stereocenters. The molecule has 4 rings (SSSR count). The van der Waals surface area contributed by atoms with Crippen LogP contribution in [0.15, 0.2) is 36.4 Å². The molecule has 3 aliphatic rings. The summed E-state index contributed by atoms with van der Waals surface area (Å²) in [4.78, 5) is 15.6. The van der Waals surface area contributed by atoms with E-state index in [1.165, 1.54) is 24.9 Å². The minimum Gasteiger partial charge on any atom is -0.303 e. The Morgan fingerprint density at radius 1 is 1.20 bits per heavy atom. The van der Waals surface area contributed by atoms with Crippen LogP contribution in [0.4, 0.5) is 0 Å². The molecule has 1 aliphatic heterocycles. The lowest BCUT2D eigenvalue weighted by atomic mass is 9.60. The molecule has 0 radical (unpaired) electrons. The Morgan fingerprint density at radius 3 is 2.60 bits per heavy atom. The smallest absolute Gasteiger partial charge is 0.169 e. The first kappa shape index (κ1) is 17.0. The molecule has 1 aromatic carbocycles. The zero-order valence-corrected chi connectivity index (χ0v) is 15.9. The van der Waals surface area contributed by atoms with Gasteiger partial charge in [0.15, 0.2) is 5.78 Å². The fourth-order valence-electron chi connectivity index (χ4n) is 5.67. The number of Topliss-reactive ketones (excluding diaryl/α,β-unsaturated/α-hetero) is 1. The van der Waals surface area contributed by atoms with E-state index in [1.54, 1.807) is 0 Å². The maximum absolute atomic E-state index is 13.0. The minimum atomic E-state index is -0.275. The predicted octanol–water partition coefficient (Wildman–Crippen LogP) is 4.85. The van der Waals surface area contributed by atoms with Gasteiger partial charge in [-0.1, -0.05) is 57.2 Å². The van der Waals surface area contributed by atoms with E-state index in [2.05, 4.69) is 50.0 Å². The van der Waals surface area contributed by atoms with E-state index in [0.29, 0.717) is 5.78 Å². The summed E-state index contributed by atoms with van der Waals surface area (Å²) in [5.41, 5.74) is 2.05. The van der Waals surface area contributed by atoms with Gasteiger partial charge in [0.1, 0.15) is 0 Å². The standard InChI is InChI=1S/C23H31NO/c1-17(18-8-4-5-9-18)16-24-14-12-23(13-15-24)20-11-7-6-10-19(20)21(25)22(23,2)3/h4,6-8,10-11,17-18H,5,9,12-16H2,1-3H3/t17-,18-/m1/s1. The van der Waals surface area contributed by atoms with E-state index < -0.39 is 0 Å². The van der Waals surface area contributed by atoms with Crippen molar-refractivity contribution in [2.24, 2.45) is 17.3 Å². The van der Waals surface area contributed by atoms with Crippen molar-refractivity contribution >= 4 is 5.78 Å². The molecule has 2 nitrogen and oxygen atoms in total. The van der Waals surface area contributed by atoms with Crippen LogP contribution in [0.5, 0.6) is 0 Å². The van der Waals surface area contributed by atoms with Gasteiger partial charge in [0.2, 0.25) is 0 Å². The molecule has 1 fully saturated rings. The summed E-state index contributed by atoms with van der Waals surface area (Å²) in [5, 5.41) is 0. The van der Waals surface area contributed by atoms with Crippen molar-refractivity contribution in [2.75, 3.05) is 19.6 Å². The molecule has 134 valence electrons. The summed E-state index contributed by atoms with van der Waals surface area (Å²) >= 11 is 0. The average molecular weight is 338 g/mol. The third-order valence-electron chi connectivity index (χ3n) is 7.49. The molecule has 0 bridgehead atoms. The number of benzene rings is 1. The lowest BCUT2D eigenvalue weighted by Crippen LogP contribution is -2.50. The van der Waals surface area contributed by atoms with Crippen molar-refractivity contribution in [3.05, 3.63) is 47.5 Å². The number of likely N-dealkylation sites (tertiary alicyclic amines) is 1. The van der Waals surface area contributed by atoms with Crippen molar-refractivity contribution in [2.45, 2.75) is 51.9 Å². The van der Waals surface area contributed by atoms with Crippen molar-refractivity contribution in [1.82, 2.24) is 4.90 Å². The van der Waals surface area contributed by atoms with E-state index in [-0.39, 0.29) is 10.8 Å². The fourth-order valence-corrected chi connectivity index (χ4v) is 5.67. The van der Waals surface area contributed by atoms with Crippen molar-refractivity contribution in [3.8, 4) is 0 Å². The van der Waals surface area contributed by atoms with Crippen LogP contribution in [0.25, 0.3) is 0 Å². The van der Waals surface area contributed by atoms with Crippen LogP contribution < -0.4 is 0 Å². The molecule has 2 aliphatic carbocycles. The number of rotatable bonds is 3. The van der Waals surface area contributed by atoms with Crippen molar-refractivity contribution < 1.29 is 4.79 Å². The number of piperidine rings is 1. The summed E-state index contributed by atoms with van der Waals surface area (Å²) in [6, 6.07) is 8.37. The van der Waals surface area contributed by atoms with Gasteiger partial charge in [0.25, 0.3) is 0 Å². The molecule has 1 heterocycles. The number of allylic oxidation sites excluding steroid dienone is 2. The summed E-state index contributed by atoms with van der Waals surface area (Å²) < 4.78 is 0. The number of hydrogen-bond acceptors (Lipinski definition) is 2. The van der Waals surface area contributed by atoms with Crippen LogP contribution in [0.3, 0.4) is 0 Å². The molecule has 1 saturated heterocycles. The predicted molar refractivity (Wildman–Crippen MR) is 103 cm³/mol. The van der Waals surface area contributed by atoms with Gasteiger partial charge in [0.05, 0.1) is 0 Å². The molecular weight excluding hydrogens is 306 g/mol. The molecule has 0 aromatic heterocycles. The van der Waals surface area contributed by atoms with Gasteiger partial charge in [-0.15, -0.1) is 0 Å². The number of ketones is 1. The van der Waals surface area contributed by atoms with Crippen molar-refractivity contribution in [3.63, 3.8) is 0 Å². The second-order valence-electron chi connectivity index (χ2n) is 9.03. The number of hydrogen-bond donors (Lipinski definition) is 0. The van der Waals surface area contributed by atoms with Crippen LogP contribution in [-0.2, 0) is 5.41 Å². The van der Waals surface area contributed by atoms with Gasteiger partial charge in [0, 0.05) is 22.9 Å². The Labute approximate surface area is 152 Å². The molecule has 1 aromatic rings. The maximum atomic E-state index is 13.0. The Morgan fingerprint density at radius 2 is 1.92 bits per heavy atom. The highest BCUT2D eigenvalue weighted by atomic mass is 16.1. The first-order valence-electron chi connectivity index (χ1n) is 9.99. The SMILES string of the molecule is C[C@H](CN1CCC2(CC1)c1ccccc1C(=O)C2(C)C)[C@@H]1C=CCC1. The van der Waals surface area contributed by atoms with Gasteiger partial charge in [-0.2, -0.15) is 0 Å². The third kappa shape index (κ3) is 2.52. The normalized spacial score (nSPS) is 28.4. The van der Waals surface area contributed by atoms with Crippen LogP contribution in [-0.4, -0.2) is 30.3 Å². The second-order valence-corrected chi connectivity index (χ2v) is 9.03. The molecule has 1 spiro atoms. The quantitative estimate of drug-likeness (QED) is 0.735. The lowest BCUT2D eigenvalue weighted by molar-refractivity contribution is 0.0512. The largest absolute Gasteiger partial charge is 0.303 e. The Balaban J connectivity index is 1.50. The third-order valence-corrected chi connectivity index (χ3v) is 7.49. The molecule has 0 N–H and O–H groups in total. The van der Waals surface area contributed by atoms with Gasteiger partial charge in [-0.3, -0.25) is 4.79 Å². The van der Waals surface area contributed by atoms with Crippen LogP contribution in [0.2, 0.25) is 0 Å². The molecule has 0 amide bonds. The number of fused-ring (bicyclic) bond motifs is 2. The van der Waals surface area contributed by atoms with E-state index in [0.717, 1.165) is 43.3 Å². The van der Waals surface area contributed by atoms with E-state index in [1.807, 2.05) is 12.1 Å². The van der Waals surface area contributed by atoms with Crippen LogP contribution in [0, 0.1) is 17.3 Å². The molecular formula is C23H31NO. The molecule has 2 heteroatoms. The summed E-state index contributed by atoms with van der Waals surface area (Å²) in [6.07, 6.45) is 9.56. The van der Waals surface area contributed by atoms with Gasteiger partial charge < -0.3 is 4.90 Å². The van der Waals surface area contributed by atoms with Crippen LogP contribution >= 0.6 is 0 Å². The Kier molecular flexibility index (Phi) is 4.15. The highest BCUT2D eigenvalue weighted by molar-refractivity contribution is 6.06. The van der Waals surface area contributed by atoms with E-state index in [9.17, 15) is 4.79 Å². The monoisotopic (exact) mass is 337 g/mol. The Bertz CT molecular complexity index is 694. The summed E-state index contributed by atoms with van der Waals surface area (Å²) in [6.45, 7) is 10.2. The summed E-state index contributed by atoms with van der Waals surface area (Å²) in [5.74, 6) is 1.85. The first-order valence-corrected chi connectivity index (χ1v) is 9.99. The zero-order chi connectivity index (χ0) is 17.7. The average Bonchev–Trinajstić information content (AvgIpc) is 3.20. The highest BCUT2D eigenvalue weighted by Crippen LogP contribution is 2.56. The molecule has 25 heavy (non-hydrogen) atoms. The van der Waals surface area contributed by atoms with Gasteiger partial charge in [-0.05, 0) is 56.2 Å². The minimum absolute atomic E-state index is 0.0354. The Hall–Kier alpha value is -1.41. The zero-order valence-electron chi connectivity index (χ0n) is 15.9. The van der Waals surface area contributed by atoms with Gasteiger partial charge >= 0.3 is 0 Å². The fraction of sp³-hybridized carbons (Fsp3) is 0.609. The molecule has 0 saturated carbocycles. The number of carbonyl (C=O) groups excluding carboxylic acids is 1. The highest BCUT2D eigenvalue weighted by Gasteiger charge is 2.57. The first-order chi connectivity index (χ1) is 12.0. The van der Waals surface area contributed by atoms with Gasteiger partial charge in [-0.25, -0.2) is 0 Å². The molecule has 0 unspecified atom stereocenters. The van der Waals surface area contributed by atoms with Crippen molar-refractivity contribution in [1.29, 1.82) is 0 Å². The summed E-state index contributed by atoms with van der Waals surface area (Å²) in [7, 11) is 0. The second kappa shape index (κ2) is 6.09. The number of nitrogens with zero attached hydrogens (tertiary/aromatic N) is 1. The van der Waals surface area contributed by atoms with E-state index >= 15 is 0 Å². The van der Waals surface area contributed by atoms with Crippen LogP contribution in [0.1, 0.15) is 62.4 Å².